The molecule has 72 valence electrons. The SMILES string of the molecule is CC[n+]1cc(C)ccc1OC(C)C. The average molecular weight is 180 g/mol. The van der Waals surface area contributed by atoms with E-state index >= 15 is 0 Å². The lowest BCUT2D eigenvalue weighted by molar-refractivity contribution is -0.699. The molecule has 0 spiro atoms. The first-order valence-corrected chi connectivity index (χ1v) is 4.80. The fourth-order valence-electron chi connectivity index (χ4n) is 1.25. The molecular formula is C11H18NO+. The van der Waals surface area contributed by atoms with Crippen LogP contribution < -0.4 is 9.30 Å². The molecule has 0 unspecified atom stereocenters. The number of hydrogen-bond donors (Lipinski definition) is 0. The summed E-state index contributed by atoms with van der Waals surface area (Å²) < 4.78 is 7.77. The highest BCUT2D eigenvalue weighted by Crippen LogP contribution is 2.06. The third kappa shape index (κ3) is 2.72. The summed E-state index contributed by atoms with van der Waals surface area (Å²) in [7, 11) is 0. The molecule has 1 rings (SSSR count). The Morgan fingerprint density at radius 3 is 2.62 bits per heavy atom. The van der Waals surface area contributed by atoms with Crippen LogP contribution in [0.3, 0.4) is 0 Å². The van der Waals surface area contributed by atoms with Crippen LogP contribution in [0.25, 0.3) is 0 Å². The van der Waals surface area contributed by atoms with Crippen LogP contribution in [0.5, 0.6) is 5.88 Å². The lowest BCUT2D eigenvalue weighted by Gasteiger charge is -2.07. The van der Waals surface area contributed by atoms with Crippen molar-refractivity contribution >= 4 is 0 Å². The minimum Gasteiger partial charge on any atom is -0.442 e. The number of hydrogen-bond acceptors (Lipinski definition) is 1. The minimum atomic E-state index is 0.237. The maximum atomic E-state index is 5.65. The second-order valence-electron chi connectivity index (χ2n) is 3.50. The van der Waals surface area contributed by atoms with Crippen LogP contribution in [-0.4, -0.2) is 6.10 Å². The Balaban J connectivity index is 2.92. The van der Waals surface area contributed by atoms with Crippen LogP contribution in [0.15, 0.2) is 18.3 Å². The van der Waals surface area contributed by atoms with Gasteiger partial charge in [-0.3, -0.25) is 0 Å². The largest absolute Gasteiger partial charge is 0.442 e. The van der Waals surface area contributed by atoms with Crippen molar-refractivity contribution in [3.05, 3.63) is 23.9 Å². The maximum Gasteiger partial charge on any atom is 0.368 e. The van der Waals surface area contributed by atoms with Gasteiger partial charge >= 0.3 is 5.88 Å². The number of aromatic nitrogens is 1. The molecule has 1 heterocycles. The molecular weight excluding hydrogens is 162 g/mol. The van der Waals surface area contributed by atoms with E-state index in [0.29, 0.717) is 0 Å². The van der Waals surface area contributed by atoms with Gasteiger partial charge in [-0.2, -0.15) is 4.57 Å². The van der Waals surface area contributed by atoms with Crippen LogP contribution in [0.2, 0.25) is 0 Å². The molecule has 1 aromatic rings. The van der Waals surface area contributed by atoms with Crippen molar-refractivity contribution < 1.29 is 9.30 Å². The van der Waals surface area contributed by atoms with Gasteiger partial charge in [0.2, 0.25) is 0 Å². The summed E-state index contributed by atoms with van der Waals surface area (Å²) in [4.78, 5) is 0. The normalized spacial score (nSPS) is 10.5. The minimum absolute atomic E-state index is 0.237. The van der Waals surface area contributed by atoms with Crippen molar-refractivity contribution in [1.82, 2.24) is 0 Å². The van der Waals surface area contributed by atoms with E-state index in [1.54, 1.807) is 0 Å². The second-order valence-corrected chi connectivity index (χ2v) is 3.50. The zero-order valence-electron chi connectivity index (χ0n) is 8.87. The Morgan fingerprint density at radius 1 is 1.38 bits per heavy atom. The van der Waals surface area contributed by atoms with Crippen LogP contribution >= 0.6 is 0 Å². The smallest absolute Gasteiger partial charge is 0.368 e. The van der Waals surface area contributed by atoms with Crippen molar-refractivity contribution in [2.24, 2.45) is 0 Å². The fraction of sp³-hybridized carbons (Fsp3) is 0.545. The molecule has 0 bridgehead atoms. The summed E-state index contributed by atoms with van der Waals surface area (Å²) in [5.74, 6) is 0.947. The van der Waals surface area contributed by atoms with Gasteiger partial charge in [0.15, 0.2) is 6.20 Å². The van der Waals surface area contributed by atoms with Gasteiger partial charge in [-0.05, 0) is 33.8 Å². The lowest BCUT2D eigenvalue weighted by atomic mass is 10.3. The first-order valence-electron chi connectivity index (χ1n) is 4.80. The quantitative estimate of drug-likeness (QED) is 0.649. The molecule has 0 atom stereocenters. The molecule has 0 aliphatic rings. The standard InChI is InChI=1S/C11H18NO/c1-5-12-8-10(4)6-7-11(12)13-9(2)3/h6-9H,5H2,1-4H3/q+1. The average Bonchev–Trinajstić information content (AvgIpc) is 2.07. The summed E-state index contributed by atoms with van der Waals surface area (Å²) in [6.45, 7) is 9.24. The number of pyridine rings is 1. The highest BCUT2D eigenvalue weighted by molar-refractivity contribution is 5.10. The van der Waals surface area contributed by atoms with E-state index in [1.165, 1.54) is 5.56 Å². The van der Waals surface area contributed by atoms with E-state index < -0.39 is 0 Å². The Bertz CT molecular complexity index is 281. The molecule has 0 aromatic carbocycles. The number of rotatable bonds is 3. The predicted octanol–water partition coefficient (Wildman–Crippen LogP) is 2.09. The van der Waals surface area contributed by atoms with E-state index in [4.69, 9.17) is 4.74 Å². The van der Waals surface area contributed by atoms with E-state index in [0.717, 1.165) is 12.4 Å². The molecule has 0 aliphatic carbocycles. The molecule has 0 aliphatic heterocycles. The predicted molar refractivity (Wildman–Crippen MR) is 52.8 cm³/mol. The summed E-state index contributed by atoms with van der Waals surface area (Å²) in [5.41, 5.74) is 1.26. The van der Waals surface area contributed by atoms with E-state index in [-0.39, 0.29) is 6.10 Å². The third-order valence-electron chi connectivity index (χ3n) is 1.83. The van der Waals surface area contributed by atoms with Crippen LogP contribution in [-0.2, 0) is 6.54 Å². The Morgan fingerprint density at radius 2 is 2.08 bits per heavy atom. The fourth-order valence-corrected chi connectivity index (χ4v) is 1.25. The highest BCUT2D eigenvalue weighted by atomic mass is 16.5. The van der Waals surface area contributed by atoms with E-state index in [9.17, 15) is 0 Å². The molecule has 0 fully saturated rings. The Kier molecular flexibility index (Phi) is 3.29. The van der Waals surface area contributed by atoms with Gasteiger partial charge in [0.05, 0.1) is 12.2 Å². The van der Waals surface area contributed by atoms with Gasteiger partial charge in [-0.1, -0.05) is 0 Å². The van der Waals surface area contributed by atoms with Gasteiger partial charge in [0, 0.05) is 5.56 Å². The van der Waals surface area contributed by atoms with Gasteiger partial charge in [0.1, 0.15) is 6.54 Å². The van der Waals surface area contributed by atoms with Gasteiger partial charge in [-0.15, -0.1) is 0 Å². The summed E-state index contributed by atoms with van der Waals surface area (Å²) in [6.07, 6.45) is 2.35. The zero-order valence-corrected chi connectivity index (χ0v) is 8.87. The van der Waals surface area contributed by atoms with E-state index in [2.05, 4.69) is 30.7 Å². The molecule has 2 nitrogen and oxygen atoms in total. The topological polar surface area (TPSA) is 13.1 Å². The summed E-state index contributed by atoms with van der Waals surface area (Å²) in [6, 6.07) is 4.10. The van der Waals surface area contributed by atoms with Crippen molar-refractivity contribution in [3.63, 3.8) is 0 Å². The van der Waals surface area contributed by atoms with Crippen molar-refractivity contribution in [1.29, 1.82) is 0 Å². The number of nitrogens with zero attached hydrogens (tertiary/aromatic N) is 1. The lowest BCUT2D eigenvalue weighted by Crippen LogP contribution is -2.35. The van der Waals surface area contributed by atoms with Gasteiger partial charge in [0.25, 0.3) is 0 Å². The van der Waals surface area contributed by atoms with Crippen LogP contribution in [0, 0.1) is 6.92 Å². The number of aryl methyl sites for hydroxylation is 2. The first-order chi connectivity index (χ1) is 6.13. The molecule has 0 saturated carbocycles. The summed E-state index contributed by atoms with van der Waals surface area (Å²) in [5, 5.41) is 0. The van der Waals surface area contributed by atoms with Gasteiger partial charge < -0.3 is 4.74 Å². The molecule has 0 saturated heterocycles. The monoisotopic (exact) mass is 180 g/mol. The number of ether oxygens (including phenoxy) is 1. The second kappa shape index (κ2) is 4.26. The van der Waals surface area contributed by atoms with Crippen molar-refractivity contribution in [2.75, 3.05) is 0 Å². The molecule has 0 N–H and O–H groups in total. The van der Waals surface area contributed by atoms with Crippen LogP contribution in [0.4, 0.5) is 0 Å². The molecule has 2 heteroatoms. The third-order valence-corrected chi connectivity index (χ3v) is 1.83. The molecule has 0 radical (unpaired) electrons. The first kappa shape index (κ1) is 10.0. The van der Waals surface area contributed by atoms with E-state index in [1.807, 2.05) is 19.9 Å². The van der Waals surface area contributed by atoms with Crippen molar-refractivity contribution in [3.8, 4) is 5.88 Å². The molecule has 13 heavy (non-hydrogen) atoms. The molecule has 1 aromatic heterocycles. The highest BCUT2D eigenvalue weighted by Gasteiger charge is 2.10. The van der Waals surface area contributed by atoms with Crippen LogP contribution in [0.1, 0.15) is 26.3 Å². The summed E-state index contributed by atoms with van der Waals surface area (Å²) >= 11 is 0. The zero-order chi connectivity index (χ0) is 9.84. The Labute approximate surface area is 80.2 Å². The van der Waals surface area contributed by atoms with Gasteiger partial charge in [-0.25, -0.2) is 0 Å². The molecule has 0 amide bonds. The Hall–Kier alpha value is -1.05. The van der Waals surface area contributed by atoms with Crippen molar-refractivity contribution in [2.45, 2.75) is 40.3 Å². The maximum absolute atomic E-state index is 5.65.